The lowest BCUT2D eigenvalue weighted by atomic mass is 10.1. The zero-order valence-electron chi connectivity index (χ0n) is 8.08. The Kier molecular flexibility index (Phi) is 3.53. The van der Waals surface area contributed by atoms with Crippen LogP contribution in [0.15, 0.2) is 24.3 Å². The highest BCUT2D eigenvalue weighted by molar-refractivity contribution is 5.58. The van der Waals surface area contributed by atoms with Gasteiger partial charge in [-0.1, -0.05) is 23.8 Å². The Balaban J connectivity index is 3.01. The van der Waals surface area contributed by atoms with E-state index in [2.05, 4.69) is 13.0 Å². The van der Waals surface area contributed by atoms with E-state index in [1.165, 1.54) is 5.56 Å². The van der Waals surface area contributed by atoms with Crippen molar-refractivity contribution < 1.29 is 4.74 Å². The van der Waals surface area contributed by atoms with Crippen LogP contribution in [0, 0.1) is 6.92 Å². The summed E-state index contributed by atoms with van der Waals surface area (Å²) in [6.45, 7) is 2.61. The number of benzene rings is 1. The fourth-order valence-electron chi connectivity index (χ4n) is 1.18. The molecule has 0 aliphatic carbocycles. The minimum atomic E-state index is 0.553. The Hall–Kier alpha value is -1.28. The number of rotatable bonds is 3. The normalized spacial score (nSPS) is 10.7. The van der Waals surface area contributed by atoms with Gasteiger partial charge in [0.05, 0.1) is 7.11 Å². The summed E-state index contributed by atoms with van der Waals surface area (Å²) in [6, 6.07) is 6.06. The third-order valence-electron chi connectivity index (χ3n) is 1.82. The molecule has 1 rings (SSSR count). The van der Waals surface area contributed by atoms with Crippen LogP contribution in [0.3, 0.4) is 0 Å². The number of hydrogen-bond donors (Lipinski definition) is 1. The maximum atomic E-state index is 5.38. The Morgan fingerprint density at radius 1 is 1.46 bits per heavy atom. The molecule has 0 saturated carbocycles. The SMILES string of the molecule is COc1ccc(C)cc1C=CCN. The summed E-state index contributed by atoms with van der Waals surface area (Å²) < 4.78 is 5.21. The van der Waals surface area contributed by atoms with Crippen LogP contribution in [-0.4, -0.2) is 13.7 Å². The van der Waals surface area contributed by atoms with Crippen molar-refractivity contribution in [2.45, 2.75) is 6.92 Å². The van der Waals surface area contributed by atoms with Gasteiger partial charge in [0.15, 0.2) is 0 Å². The van der Waals surface area contributed by atoms with Crippen molar-refractivity contribution in [3.63, 3.8) is 0 Å². The van der Waals surface area contributed by atoms with Crippen LogP contribution < -0.4 is 10.5 Å². The second-order valence-corrected chi connectivity index (χ2v) is 2.88. The molecule has 0 spiro atoms. The van der Waals surface area contributed by atoms with E-state index in [4.69, 9.17) is 10.5 Å². The van der Waals surface area contributed by atoms with Crippen LogP contribution in [0.25, 0.3) is 6.08 Å². The fourth-order valence-corrected chi connectivity index (χ4v) is 1.18. The van der Waals surface area contributed by atoms with Crippen molar-refractivity contribution in [1.82, 2.24) is 0 Å². The summed E-state index contributed by atoms with van der Waals surface area (Å²) in [7, 11) is 1.67. The number of aryl methyl sites for hydroxylation is 1. The van der Waals surface area contributed by atoms with E-state index in [1.54, 1.807) is 7.11 Å². The third kappa shape index (κ3) is 2.60. The van der Waals surface area contributed by atoms with Gasteiger partial charge in [0, 0.05) is 12.1 Å². The number of methoxy groups -OCH3 is 1. The summed E-state index contributed by atoms with van der Waals surface area (Å²) >= 11 is 0. The van der Waals surface area contributed by atoms with Gasteiger partial charge in [0.2, 0.25) is 0 Å². The summed E-state index contributed by atoms with van der Waals surface area (Å²) in [4.78, 5) is 0. The molecule has 0 bridgehead atoms. The molecule has 0 radical (unpaired) electrons. The summed E-state index contributed by atoms with van der Waals surface area (Å²) in [5, 5.41) is 0. The smallest absolute Gasteiger partial charge is 0.126 e. The van der Waals surface area contributed by atoms with E-state index < -0.39 is 0 Å². The van der Waals surface area contributed by atoms with E-state index in [1.807, 2.05) is 24.3 Å². The standard InChI is InChI=1S/C11H15NO/c1-9-5-6-11(13-2)10(8-9)4-3-7-12/h3-6,8H,7,12H2,1-2H3. The van der Waals surface area contributed by atoms with E-state index >= 15 is 0 Å². The molecule has 13 heavy (non-hydrogen) atoms. The molecule has 0 aliphatic heterocycles. The molecule has 2 N–H and O–H groups in total. The van der Waals surface area contributed by atoms with Crippen molar-refractivity contribution in [3.05, 3.63) is 35.4 Å². The highest BCUT2D eigenvalue weighted by Gasteiger charge is 1.97. The Morgan fingerprint density at radius 3 is 2.85 bits per heavy atom. The topological polar surface area (TPSA) is 35.2 Å². The summed E-state index contributed by atoms with van der Waals surface area (Å²) in [5.41, 5.74) is 7.68. The van der Waals surface area contributed by atoms with Crippen LogP contribution in [0.2, 0.25) is 0 Å². The lowest BCUT2D eigenvalue weighted by Gasteiger charge is -2.05. The van der Waals surface area contributed by atoms with Gasteiger partial charge in [-0.15, -0.1) is 0 Å². The average Bonchev–Trinajstić information content (AvgIpc) is 2.15. The van der Waals surface area contributed by atoms with E-state index in [0.29, 0.717) is 6.54 Å². The van der Waals surface area contributed by atoms with Gasteiger partial charge in [0.25, 0.3) is 0 Å². The first-order valence-electron chi connectivity index (χ1n) is 4.29. The van der Waals surface area contributed by atoms with Crippen LogP contribution in [0.5, 0.6) is 5.75 Å². The maximum Gasteiger partial charge on any atom is 0.126 e. The average molecular weight is 177 g/mol. The second-order valence-electron chi connectivity index (χ2n) is 2.88. The zero-order valence-corrected chi connectivity index (χ0v) is 8.08. The number of nitrogens with two attached hydrogens (primary N) is 1. The molecule has 0 aromatic heterocycles. The van der Waals surface area contributed by atoms with Crippen LogP contribution in [-0.2, 0) is 0 Å². The van der Waals surface area contributed by atoms with Crippen molar-refractivity contribution in [2.24, 2.45) is 5.73 Å². The molecule has 1 aromatic rings. The number of hydrogen-bond acceptors (Lipinski definition) is 2. The van der Waals surface area contributed by atoms with Crippen LogP contribution in [0.1, 0.15) is 11.1 Å². The van der Waals surface area contributed by atoms with Crippen LogP contribution >= 0.6 is 0 Å². The molecule has 1 aromatic carbocycles. The molecular weight excluding hydrogens is 162 g/mol. The second kappa shape index (κ2) is 4.67. The highest BCUT2D eigenvalue weighted by atomic mass is 16.5. The molecule has 0 fully saturated rings. The van der Waals surface area contributed by atoms with Gasteiger partial charge in [-0.3, -0.25) is 0 Å². The van der Waals surface area contributed by atoms with Crippen molar-refractivity contribution in [1.29, 1.82) is 0 Å². The molecule has 0 heterocycles. The Morgan fingerprint density at radius 2 is 2.23 bits per heavy atom. The maximum absolute atomic E-state index is 5.38. The van der Waals surface area contributed by atoms with Gasteiger partial charge < -0.3 is 10.5 Å². The Labute approximate surface area is 79.0 Å². The minimum absolute atomic E-state index is 0.553. The first-order valence-corrected chi connectivity index (χ1v) is 4.29. The van der Waals surface area contributed by atoms with E-state index in [-0.39, 0.29) is 0 Å². The van der Waals surface area contributed by atoms with Crippen molar-refractivity contribution >= 4 is 6.08 Å². The van der Waals surface area contributed by atoms with E-state index in [9.17, 15) is 0 Å². The molecule has 70 valence electrons. The lowest BCUT2D eigenvalue weighted by molar-refractivity contribution is 0.413. The largest absolute Gasteiger partial charge is 0.496 e. The van der Waals surface area contributed by atoms with Gasteiger partial charge in [-0.25, -0.2) is 0 Å². The highest BCUT2D eigenvalue weighted by Crippen LogP contribution is 2.20. The van der Waals surface area contributed by atoms with Gasteiger partial charge in [0.1, 0.15) is 5.75 Å². The summed E-state index contributed by atoms with van der Waals surface area (Å²) in [5.74, 6) is 0.885. The monoisotopic (exact) mass is 177 g/mol. The zero-order chi connectivity index (χ0) is 9.68. The molecule has 0 atom stereocenters. The molecule has 0 aliphatic rings. The number of ether oxygens (including phenoxy) is 1. The van der Waals surface area contributed by atoms with Gasteiger partial charge in [-0.2, -0.15) is 0 Å². The predicted molar refractivity (Wildman–Crippen MR) is 55.8 cm³/mol. The first kappa shape index (κ1) is 9.81. The minimum Gasteiger partial charge on any atom is -0.496 e. The Bertz CT molecular complexity index is 305. The molecule has 2 nitrogen and oxygen atoms in total. The predicted octanol–water partition coefficient (Wildman–Crippen LogP) is 1.98. The van der Waals surface area contributed by atoms with E-state index in [0.717, 1.165) is 11.3 Å². The molecule has 0 amide bonds. The van der Waals surface area contributed by atoms with Crippen molar-refractivity contribution in [3.8, 4) is 5.75 Å². The molecule has 0 saturated heterocycles. The molecule has 2 heteroatoms. The van der Waals surface area contributed by atoms with Gasteiger partial charge >= 0.3 is 0 Å². The van der Waals surface area contributed by atoms with Crippen LogP contribution in [0.4, 0.5) is 0 Å². The lowest BCUT2D eigenvalue weighted by Crippen LogP contribution is -1.93. The van der Waals surface area contributed by atoms with Gasteiger partial charge in [-0.05, 0) is 19.1 Å². The van der Waals surface area contributed by atoms with Crippen molar-refractivity contribution in [2.75, 3.05) is 13.7 Å². The first-order chi connectivity index (χ1) is 6.27. The molecule has 0 unspecified atom stereocenters. The molecular formula is C11H15NO. The quantitative estimate of drug-likeness (QED) is 0.766. The summed E-state index contributed by atoms with van der Waals surface area (Å²) in [6.07, 6.45) is 3.89. The fraction of sp³-hybridized carbons (Fsp3) is 0.273. The third-order valence-corrected chi connectivity index (χ3v) is 1.82.